The van der Waals surface area contributed by atoms with Crippen molar-refractivity contribution in [1.29, 1.82) is 0 Å². The Hall–Kier alpha value is -2.00. The number of benzene rings is 2. The lowest BCUT2D eigenvalue weighted by atomic mass is 9.97. The molecule has 0 radical (unpaired) electrons. The van der Waals surface area contributed by atoms with Crippen molar-refractivity contribution in [2.45, 2.75) is 118 Å². The molecule has 184 valence electrons. The van der Waals surface area contributed by atoms with Gasteiger partial charge >= 0.3 is 0 Å². The summed E-state index contributed by atoms with van der Waals surface area (Å²) in [6.07, 6.45) is 12.4. The molecule has 2 aromatic carbocycles. The summed E-state index contributed by atoms with van der Waals surface area (Å²) in [6, 6.07) is 8.49. The molecule has 0 atom stereocenters. The molecule has 0 saturated heterocycles. The summed E-state index contributed by atoms with van der Waals surface area (Å²) in [6.45, 7) is 9.81. The number of phenolic OH excluding ortho intramolecular Hbond substituents is 2. The number of hydrogen-bond acceptors (Lipinski definition) is 3. The standard InChI is InChI=1S/C30H46O3/c1-5-9-13-25-17-23(18-26(29(25)31)14-10-6-2)21-33-22-24-19-27(15-11-7-3)30(32)28(20-24)16-12-8-4/h17-20,31-32H,5-16,21-22H2,1-4H3. The topological polar surface area (TPSA) is 49.7 Å². The molecule has 0 fully saturated rings. The predicted octanol–water partition coefficient (Wildman–Crippen LogP) is 8.19. The fourth-order valence-electron chi connectivity index (χ4n) is 4.35. The van der Waals surface area contributed by atoms with Gasteiger partial charge in [0.05, 0.1) is 13.2 Å². The van der Waals surface area contributed by atoms with Crippen molar-refractivity contribution in [3.63, 3.8) is 0 Å². The minimum atomic E-state index is 0.486. The van der Waals surface area contributed by atoms with Gasteiger partial charge in [-0.25, -0.2) is 0 Å². The highest BCUT2D eigenvalue weighted by atomic mass is 16.5. The molecule has 0 aliphatic carbocycles. The number of aryl methyl sites for hydroxylation is 4. The van der Waals surface area contributed by atoms with Gasteiger partial charge in [0.15, 0.2) is 0 Å². The fourth-order valence-corrected chi connectivity index (χ4v) is 4.35. The molecule has 0 amide bonds. The van der Waals surface area contributed by atoms with Crippen LogP contribution in [0.1, 0.15) is 112 Å². The Labute approximate surface area is 202 Å². The first-order valence-electron chi connectivity index (χ1n) is 13.3. The Kier molecular flexibility index (Phi) is 12.4. The van der Waals surface area contributed by atoms with Crippen LogP contribution in [0.3, 0.4) is 0 Å². The monoisotopic (exact) mass is 454 g/mol. The zero-order valence-corrected chi connectivity index (χ0v) is 21.5. The molecule has 3 heteroatoms. The summed E-state index contributed by atoms with van der Waals surface area (Å²) in [5.41, 5.74) is 6.49. The lowest BCUT2D eigenvalue weighted by Crippen LogP contribution is -2.01. The third-order valence-electron chi connectivity index (χ3n) is 6.39. The fraction of sp³-hybridized carbons (Fsp3) is 0.600. The number of unbranched alkanes of at least 4 members (excludes halogenated alkanes) is 4. The number of hydrogen-bond donors (Lipinski definition) is 2. The second-order valence-electron chi connectivity index (χ2n) is 9.43. The van der Waals surface area contributed by atoms with Gasteiger partial charge in [0, 0.05) is 0 Å². The van der Waals surface area contributed by atoms with E-state index in [-0.39, 0.29) is 0 Å². The van der Waals surface area contributed by atoms with Gasteiger partial charge in [0.25, 0.3) is 0 Å². The van der Waals surface area contributed by atoms with Gasteiger partial charge < -0.3 is 14.9 Å². The number of rotatable bonds is 16. The lowest BCUT2D eigenvalue weighted by molar-refractivity contribution is 0.107. The van der Waals surface area contributed by atoms with Crippen molar-refractivity contribution in [3.8, 4) is 11.5 Å². The summed E-state index contributed by atoms with van der Waals surface area (Å²) in [5, 5.41) is 21.5. The molecule has 0 aliphatic heterocycles. The van der Waals surface area contributed by atoms with E-state index in [1.165, 1.54) is 0 Å². The predicted molar refractivity (Wildman–Crippen MR) is 139 cm³/mol. The highest BCUT2D eigenvalue weighted by molar-refractivity contribution is 5.45. The Morgan fingerprint density at radius 2 is 0.788 bits per heavy atom. The molecule has 0 bridgehead atoms. The van der Waals surface area contributed by atoms with E-state index >= 15 is 0 Å². The van der Waals surface area contributed by atoms with Crippen molar-refractivity contribution in [1.82, 2.24) is 0 Å². The molecule has 33 heavy (non-hydrogen) atoms. The Bertz CT molecular complexity index is 713. The molecular formula is C30H46O3. The van der Waals surface area contributed by atoms with Crippen LogP contribution in [0.2, 0.25) is 0 Å². The van der Waals surface area contributed by atoms with Gasteiger partial charge in [-0.2, -0.15) is 0 Å². The first-order valence-corrected chi connectivity index (χ1v) is 13.3. The second kappa shape index (κ2) is 15.0. The van der Waals surface area contributed by atoms with Crippen molar-refractivity contribution in [2.75, 3.05) is 0 Å². The average molecular weight is 455 g/mol. The maximum atomic E-state index is 10.7. The van der Waals surface area contributed by atoms with Crippen LogP contribution >= 0.6 is 0 Å². The van der Waals surface area contributed by atoms with Gasteiger partial charge in [0.2, 0.25) is 0 Å². The first kappa shape index (κ1) is 27.2. The van der Waals surface area contributed by atoms with E-state index in [4.69, 9.17) is 4.74 Å². The third kappa shape index (κ3) is 8.70. The van der Waals surface area contributed by atoms with Crippen LogP contribution in [-0.4, -0.2) is 10.2 Å². The summed E-state index contributed by atoms with van der Waals surface area (Å²) < 4.78 is 6.16. The van der Waals surface area contributed by atoms with Crippen LogP contribution < -0.4 is 0 Å². The van der Waals surface area contributed by atoms with Gasteiger partial charge in [-0.3, -0.25) is 0 Å². The molecule has 2 rings (SSSR count). The normalized spacial score (nSPS) is 11.3. The molecule has 2 aromatic rings. The van der Waals surface area contributed by atoms with Crippen LogP contribution in [0.25, 0.3) is 0 Å². The first-order chi connectivity index (χ1) is 16.0. The van der Waals surface area contributed by atoms with Crippen molar-refractivity contribution < 1.29 is 14.9 Å². The van der Waals surface area contributed by atoms with Crippen molar-refractivity contribution in [3.05, 3.63) is 57.6 Å². The van der Waals surface area contributed by atoms with E-state index in [0.717, 1.165) is 110 Å². The van der Waals surface area contributed by atoms with Crippen molar-refractivity contribution in [2.24, 2.45) is 0 Å². The smallest absolute Gasteiger partial charge is 0.121 e. The summed E-state index contributed by atoms with van der Waals surface area (Å²) in [4.78, 5) is 0. The van der Waals surface area contributed by atoms with Crippen LogP contribution in [0, 0.1) is 0 Å². The van der Waals surface area contributed by atoms with Crippen molar-refractivity contribution >= 4 is 0 Å². The van der Waals surface area contributed by atoms with Gasteiger partial charge in [-0.05, 0) is 109 Å². The van der Waals surface area contributed by atoms with Crippen LogP contribution in [-0.2, 0) is 43.6 Å². The largest absolute Gasteiger partial charge is 0.507 e. The second-order valence-corrected chi connectivity index (χ2v) is 9.43. The third-order valence-corrected chi connectivity index (χ3v) is 6.39. The maximum absolute atomic E-state index is 10.7. The summed E-state index contributed by atoms with van der Waals surface area (Å²) >= 11 is 0. The summed E-state index contributed by atoms with van der Waals surface area (Å²) in [7, 11) is 0. The van der Waals surface area contributed by atoms with Crippen LogP contribution in [0.5, 0.6) is 11.5 Å². The van der Waals surface area contributed by atoms with E-state index < -0.39 is 0 Å². The Balaban J connectivity index is 2.15. The van der Waals surface area contributed by atoms with Crippen LogP contribution in [0.15, 0.2) is 24.3 Å². The molecule has 0 heterocycles. The lowest BCUT2D eigenvalue weighted by Gasteiger charge is -2.15. The molecule has 0 spiro atoms. The highest BCUT2D eigenvalue weighted by Crippen LogP contribution is 2.30. The SMILES string of the molecule is CCCCc1cc(COCc2cc(CCCC)c(O)c(CCCC)c2)cc(CCCC)c1O. The number of ether oxygens (including phenoxy) is 1. The minimum Gasteiger partial charge on any atom is -0.507 e. The van der Waals surface area contributed by atoms with Gasteiger partial charge in [0.1, 0.15) is 11.5 Å². The Morgan fingerprint density at radius 1 is 0.515 bits per heavy atom. The van der Waals surface area contributed by atoms with E-state index in [0.29, 0.717) is 24.7 Å². The Morgan fingerprint density at radius 3 is 1.03 bits per heavy atom. The van der Waals surface area contributed by atoms with E-state index in [1.54, 1.807) is 0 Å². The zero-order chi connectivity index (χ0) is 24.1. The maximum Gasteiger partial charge on any atom is 0.121 e. The molecule has 0 aliphatic rings. The molecule has 0 saturated carbocycles. The van der Waals surface area contributed by atoms with Gasteiger partial charge in [-0.1, -0.05) is 53.4 Å². The summed E-state index contributed by atoms with van der Waals surface area (Å²) in [5.74, 6) is 0.973. The van der Waals surface area contributed by atoms with E-state index in [9.17, 15) is 10.2 Å². The highest BCUT2D eigenvalue weighted by Gasteiger charge is 2.12. The van der Waals surface area contributed by atoms with E-state index in [1.807, 2.05) is 0 Å². The minimum absolute atomic E-state index is 0.486. The van der Waals surface area contributed by atoms with Crippen LogP contribution in [0.4, 0.5) is 0 Å². The average Bonchev–Trinajstić information content (AvgIpc) is 2.82. The van der Waals surface area contributed by atoms with E-state index in [2.05, 4.69) is 52.0 Å². The number of aromatic hydroxyl groups is 2. The van der Waals surface area contributed by atoms with Gasteiger partial charge in [-0.15, -0.1) is 0 Å². The quantitative estimate of drug-likeness (QED) is 0.269. The molecule has 0 unspecified atom stereocenters. The molecule has 3 nitrogen and oxygen atoms in total. The number of phenols is 2. The zero-order valence-electron chi connectivity index (χ0n) is 21.5. The molecular weight excluding hydrogens is 408 g/mol. The molecule has 2 N–H and O–H groups in total. The molecule has 0 aromatic heterocycles.